The Kier molecular flexibility index (Phi) is 14.9. The lowest BCUT2D eigenvalue weighted by molar-refractivity contribution is 0.590. The maximum Gasteiger partial charge on any atom is 0.252 e. The van der Waals surface area contributed by atoms with Crippen LogP contribution in [0.15, 0.2) is 346 Å². The molecule has 0 bridgehead atoms. The Morgan fingerprint density at radius 3 is 1.29 bits per heavy atom. The largest absolute Gasteiger partial charge is 0.342 e. The summed E-state index contributed by atoms with van der Waals surface area (Å²) >= 11 is 0. The first-order valence-corrected chi connectivity index (χ1v) is 37.4. The standard InChI is InChI=1S/C101H76BN3/c1-101(2,3)74-50-47-66(48-51-74)61-67-62-96-100-97(63-67)104(60-58-82-78(70-29-12-6-13-30-70)39-23-40-79(82)71-31-14-7-15-32-71)95-65-75(105-92-45-18-16-35-83(92)84-36-17-19-46-93(84)105)52-55-90(95)102(100)91-64-73(80-53-54-89-87-42-21-34-72-33-20-41-86(98(72)87)88-44-24-43-85(80)99(88)89)49-56-94(91)103(96)59-57-81-76(68-25-8-4-9-26-68)37-22-38-77(81)69-27-10-5-11-28-69/h4-56,62-65H,57-61H2,1-3H3. The molecule has 0 aliphatic carbocycles. The van der Waals surface area contributed by atoms with Gasteiger partial charge in [-0.15, -0.1) is 0 Å². The van der Waals surface area contributed by atoms with Gasteiger partial charge in [0.2, 0.25) is 0 Å². The molecular weight excluding hydrogens is 1270 g/mol. The molecule has 0 saturated carbocycles. The van der Waals surface area contributed by atoms with Gasteiger partial charge in [0, 0.05) is 52.3 Å². The normalized spacial score (nSPS) is 12.7. The van der Waals surface area contributed by atoms with E-state index in [0.717, 1.165) is 31.5 Å². The van der Waals surface area contributed by atoms with Gasteiger partial charge in [-0.25, -0.2) is 0 Å². The molecule has 0 amide bonds. The molecule has 498 valence electrons. The van der Waals surface area contributed by atoms with Crippen molar-refractivity contribution in [1.82, 2.24) is 4.57 Å². The summed E-state index contributed by atoms with van der Waals surface area (Å²) in [5.74, 6) is 0. The third kappa shape index (κ3) is 10.5. The number of aromatic nitrogens is 1. The Hall–Kier alpha value is -12.5. The number of benzene rings is 17. The van der Waals surface area contributed by atoms with Gasteiger partial charge in [-0.2, -0.15) is 0 Å². The highest BCUT2D eigenvalue weighted by molar-refractivity contribution is 7.00. The van der Waals surface area contributed by atoms with E-state index in [1.165, 1.54) is 187 Å². The molecule has 0 radical (unpaired) electrons. The molecule has 20 rings (SSSR count). The second kappa shape index (κ2) is 25.2. The molecule has 0 atom stereocenters. The number of rotatable bonds is 14. The van der Waals surface area contributed by atoms with Gasteiger partial charge in [0.05, 0.1) is 11.0 Å². The van der Waals surface area contributed by atoms with Crippen LogP contribution < -0.4 is 26.2 Å². The highest BCUT2D eigenvalue weighted by Gasteiger charge is 2.44. The van der Waals surface area contributed by atoms with E-state index in [1.807, 2.05) is 0 Å². The summed E-state index contributed by atoms with van der Waals surface area (Å²) in [6.45, 7) is 8.25. The molecule has 3 nitrogen and oxygen atoms in total. The summed E-state index contributed by atoms with van der Waals surface area (Å²) in [6.07, 6.45) is 2.34. The Morgan fingerprint density at radius 1 is 0.295 bits per heavy atom. The molecule has 0 spiro atoms. The van der Waals surface area contributed by atoms with Crippen LogP contribution in [0.4, 0.5) is 22.7 Å². The first kappa shape index (κ1) is 62.3. The van der Waals surface area contributed by atoms with Crippen molar-refractivity contribution in [2.45, 2.75) is 45.4 Å². The molecule has 0 N–H and O–H groups in total. The van der Waals surface area contributed by atoms with Gasteiger partial charge in [0.25, 0.3) is 6.71 Å². The van der Waals surface area contributed by atoms with Crippen LogP contribution in [-0.2, 0) is 24.7 Å². The van der Waals surface area contributed by atoms with Gasteiger partial charge in [0.15, 0.2) is 0 Å². The summed E-state index contributed by atoms with van der Waals surface area (Å²) in [5.41, 5.74) is 31.5. The number of anilines is 4. The number of hydrogen-bond donors (Lipinski definition) is 0. The van der Waals surface area contributed by atoms with Crippen LogP contribution in [-0.4, -0.2) is 24.4 Å². The van der Waals surface area contributed by atoms with Crippen molar-refractivity contribution in [3.05, 3.63) is 374 Å². The topological polar surface area (TPSA) is 11.4 Å². The minimum atomic E-state index is -0.141. The van der Waals surface area contributed by atoms with Crippen molar-refractivity contribution in [2.75, 3.05) is 22.9 Å². The molecule has 2 aliphatic rings. The lowest BCUT2D eigenvalue weighted by Crippen LogP contribution is -2.62. The maximum atomic E-state index is 2.76. The van der Waals surface area contributed by atoms with Crippen molar-refractivity contribution < 1.29 is 0 Å². The van der Waals surface area contributed by atoms with Crippen molar-refractivity contribution in [2.24, 2.45) is 0 Å². The van der Waals surface area contributed by atoms with Crippen LogP contribution in [0.3, 0.4) is 0 Å². The summed E-state index contributed by atoms with van der Waals surface area (Å²) in [6, 6.07) is 131. The lowest BCUT2D eigenvalue weighted by Gasteiger charge is -2.45. The molecule has 17 aromatic carbocycles. The van der Waals surface area contributed by atoms with Gasteiger partial charge in [-0.3, -0.25) is 0 Å². The Balaban J connectivity index is 0.852. The van der Waals surface area contributed by atoms with E-state index < -0.39 is 0 Å². The molecule has 105 heavy (non-hydrogen) atoms. The van der Waals surface area contributed by atoms with Crippen molar-refractivity contribution in [3.8, 4) is 61.3 Å². The zero-order valence-corrected chi connectivity index (χ0v) is 59.4. The monoisotopic (exact) mass is 1340 g/mol. The third-order valence-corrected chi connectivity index (χ3v) is 23.1. The van der Waals surface area contributed by atoms with Crippen LogP contribution >= 0.6 is 0 Å². The summed E-state index contributed by atoms with van der Waals surface area (Å²) in [7, 11) is 0. The van der Waals surface area contributed by atoms with Gasteiger partial charge >= 0.3 is 0 Å². The van der Waals surface area contributed by atoms with E-state index in [0.29, 0.717) is 6.54 Å². The van der Waals surface area contributed by atoms with Crippen molar-refractivity contribution in [3.63, 3.8) is 0 Å². The fourth-order valence-electron chi connectivity index (χ4n) is 18.3. The minimum Gasteiger partial charge on any atom is -0.342 e. The second-order valence-corrected chi connectivity index (χ2v) is 30.0. The highest BCUT2D eigenvalue weighted by Crippen LogP contribution is 2.47. The lowest BCUT2D eigenvalue weighted by atomic mass is 9.33. The smallest absolute Gasteiger partial charge is 0.252 e. The molecule has 18 aromatic rings. The van der Waals surface area contributed by atoms with E-state index in [4.69, 9.17) is 0 Å². The van der Waals surface area contributed by atoms with Gasteiger partial charge in [0.1, 0.15) is 0 Å². The zero-order chi connectivity index (χ0) is 69.9. The average molecular weight is 1340 g/mol. The number of nitrogens with zero attached hydrogens (tertiary/aromatic N) is 3. The zero-order valence-electron chi connectivity index (χ0n) is 59.4. The molecular formula is C101H76BN3. The van der Waals surface area contributed by atoms with Crippen LogP contribution in [0.25, 0.3) is 126 Å². The van der Waals surface area contributed by atoms with Gasteiger partial charge in [-0.05, 0) is 210 Å². The molecule has 3 heterocycles. The van der Waals surface area contributed by atoms with Gasteiger partial charge < -0.3 is 14.4 Å². The summed E-state index contributed by atoms with van der Waals surface area (Å²) in [5, 5.41) is 12.9. The maximum absolute atomic E-state index is 2.76. The number of fused-ring (bicyclic) bond motifs is 9. The first-order valence-electron chi connectivity index (χ1n) is 37.4. The molecule has 0 unspecified atom stereocenters. The molecule has 0 saturated heterocycles. The second-order valence-electron chi connectivity index (χ2n) is 30.0. The van der Waals surface area contributed by atoms with Crippen LogP contribution in [0.2, 0.25) is 0 Å². The number of para-hydroxylation sites is 2. The van der Waals surface area contributed by atoms with Crippen LogP contribution in [0.1, 0.15) is 48.6 Å². The first-order chi connectivity index (χ1) is 51.7. The van der Waals surface area contributed by atoms with Gasteiger partial charge in [-0.1, -0.05) is 324 Å². The molecule has 1 aromatic heterocycles. The number of hydrogen-bond acceptors (Lipinski definition) is 2. The molecule has 0 fully saturated rings. The fourth-order valence-corrected chi connectivity index (χ4v) is 18.3. The fraction of sp³-hybridized carbons (Fsp3) is 0.0891. The van der Waals surface area contributed by atoms with Crippen molar-refractivity contribution >= 4 is 111 Å². The Morgan fingerprint density at radius 2 is 0.752 bits per heavy atom. The van der Waals surface area contributed by atoms with E-state index >= 15 is 0 Å². The summed E-state index contributed by atoms with van der Waals surface area (Å²) in [4.78, 5) is 5.51. The quantitative estimate of drug-likeness (QED) is 0.0611. The van der Waals surface area contributed by atoms with E-state index in [1.54, 1.807) is 0 Å². The van der Waals surface area contributed by atoms with E-state index in [2.05, 4.69) is 381 Å². The predicted molar refractivity (Wildman–Crippen MR) is 449 cm³/mol. The average Bonchev–Trinajstić information content (AvgIpc) is 1.06. The van der Waals surface area contributed by atoms with E-state index in [-0.39, 0.29) is 12.1 Å². The Bertz CT molecular complexity index is 6190. The highest BCUT2D eigenvalue weighted by atomic mass is 15.2. The third-order valence-electron chi connectivity index (χ3n) is 23.1. The predicted octanol–water partition coefficient (Wildman–Crippen LogP) is 24.0. The van der Waals surface area contributed by atoms with E-state index in [9.17, 15) is 0 Å². The van der Waals surface area contributed by atoms with Crippen LogP contribution in [0.5, 0.6) is 0 Å². The minimum absolute atomic E-state index is 0.0251. The SMILES string of the molecule is CC(C)(C)c1ccc(Cc2cc3c4c(c2)N(CCc2c(-c5ccccc5)cccc2-c2ccccc2)c2cc(-n5c6ccccc6c6ccccc65)ccc2B4c2cc(-c4ccc5c6cccc7cccc(c8cccc4c85)c76)ccc2N3CCc2c(-c3ccccc3)cccc2-c2ccccc2)cc1. The van der Waals surface area contributed by atoms with Crippen LogP contribution in [0, 0.1) is 0 Å². The molecule has 4 heteroatoms. The molecule has 2 aliphatic heterocycles. The van der Waals surface area contributed by atoms with Crippen molar-refractivity contribution in [1.29, 1.82) is 0 Å². The summed E-state index contributed by atoms with van der Waals surface area (Å²) < 4.78 is 2.52. The Labute approximate surface area is 614 Å².